The first-order chi connectivity index (χ1) is 6.20. The molecule has 0 aliphatic heterocycles. The van der Waals surface area contributed by atoms with Crippen molar-refractivity contribution in [3.05, 3.63) is 0 Å². The summed E-state index contributed by atoms with van der Waals surface area (Å²) in [6, 6.07) is 0. The van der Waals surface area contributed by atoms with Crippen LogP contribution in [0.25, 0.3) is 0 Å². The third-order valence-corrected chi connectivity index (χ3v) is 2.51. The van der Waals surface area contributed by atoms with E-state index >= 15 is 0 Å². The summed E-state index contributed by atoms with van der Waals surface area (Å²) >= 11 is 0. The predicted octanol–water partition coefficient (Wildman–Crippen LogP) is 0.689. The average Bonchev–Trinajstić information content (AvgIpc) is 1.99. The van der Waals surface area contributed by atoms with Crippen molar-refractivity contribution in [1.29, 1.82) is 0 Å². The lowest BCUT2D eigenvalue weighted by atomic mass is 9.86. The molecule has 0 atom stereocenters. The number of aliphatic hydroxyl groups is 1. The zero-order chi connectivity index (χ0) is 11.4. The maximum Gasteiger partial charge on any atom is 0.319 e. The van der Waals surface area contributed by atoms with Crippen LogP contribution in [0.3, 0.4) is 0 Å². The van der Waals surface area contributed by atoms with Crippen molar-refractivity contribution < 1.29 is 14.6 Å². The fraction of sp³-hybridized carbons (Fsp3) is 0.900. The minimum Gasteiger partial charge on any atom is -0.465 e. The molecule has 0 aliphatic carbocycles. The van der Waals surface area contributed by atoms with Gasteiger partial charge in [0.2, 0.25) is 0 Å². The van der Waals surface area contributed by atoms with Crippen LogP contribution in [0.1, 0.15) is 34.6 Å². The van der Waals surface area contributed by atoms with Crippen molar-refractivity contribution in [3.63, 3.8) is 0 Å². The molecule has 0 radical (unpaired) electrons. The highest BCUT2D eigenvalue weighted by Gasteiger charge is 2.34. The number of hydrogen-bond acceptors (Lipinski definition) is 4. The number of hydrogen-bond donors (Lipinski definition) is 2. The van der Waals surface area contributed by atoms with Crippen molar-refractivity contribution in [3.8, 4) is 0 Å². The minimum absolute atomic E-state index is 0.116. The fourth-order valence-electron chi connectivity index (χ4n) is 0.721. The summed E-state index contributed by atoms with van der Waals surface area (Å²) in [7, 11) is 0. The second-order valence-corrected chi connectivity index (χ2v) is 4.34. The van der Waals surface area contributed by atoms with Gasteiger partial charge in [-0.3, -0.25) is 10.1 Å². The normalized spacial score (nSPS) is 12.7. The standard InChI is InChI=1S/C10H21NO3/c1-6-14-8(12)7-11-9(2,3)10(4,5)13/h11,13H,6-7H2,1-5H3. The topological polar surface area (TPSA) is 58.6 Å². The Hall–Kier alpha value is -0.610. The number of nitrogens with one attached hydrogen (secondary N) is 1. The van der Waals surface area contributed by atoms with Gasteiger partial charge in [0, 0.05) is 5.54 Å². The Labute approximate surface area is 85.6 Å². The van der Waals surface area contributed by atoms with E-state index in [1.165, 1.54) is 0 Å². The highest BCUT2D eigenvalue weighted by Crippen LogP contribution is 2.19. The molecule has 0 aromatic rings. The van der Waals surface area contributed by atoms with E-state index in [9.17, 15) is 9.90 Å². The van der Waals surface area contributed by atoms with E-state index in [2.05, 4.69) is 5.32 Å². The zero-order valence-corrected chi connectivity index (χ0v) is 9.68. The van der Waals surface area contributed by atoms with Crippen molar-refractivity contribution in [2.45, 2.75) is 45.8 Å². The summed E-state index contributed by atoms with van der Waals surface area (Å²) < 4.78 is 4.77. The lowest BCUT2D eigenvalue weighted by molar-refractivity contribution is -0.142. The number of esters is 1. The van der Waals surface area contributed by atoms with Gasteiger partial charge in [-0.25, -0.2) is 0 Å². The molecule has 0 aromatic heterocycles. The lowest BCUT2D eigenvalue weighted by Gasteiger charge is -2.37. The minimum atomic E-state index is -0.889. The second-order valence-electron chi connectivity index (χ2n) is 4.34. The Kier molecular flexibility index (Phi) is 4.55. The lowest BCUT2D eigenvalue weighted by Crippen LogP contribution is -2.57. The number of ether oxygens (including phenoxy) is 1. The molecule has 0 saturated heterocycles. The van der Waals surface area contributed by atoms with Crippen molar-refractivity contribution in [2.75, 3.05) is 13.2 Å². The largest absolute Gasteiger partial charge is 0.465 e. The second kappa shape index (κ2) is 4.75. The van der Waals surface area contributed by atoms with E-state index in [-0.39, 0.29) is 12.5 Å². The van der Waals surface area contributed by atoms with Crippen LogP contribution < -0.4 is 5.32 Å². The average molecular weight is 203 g/mol. The van der Waals surface area contributed by atoms with Crippen LogP contribution in [0.15, 0.2) is 0 Å². The summed E-state index contributed by atoms with van der Waals surface area (Å²) in [6.07, 6.45) is 0. The van der Waals surface area contributed by atoms with Gasteiger partial charge in [-0.05, 0) is 34.6 Å². The van der Waals surface area contributed by atoms with Crippen LogP contribution >= 0.6 is 0 Å². The van der Waals surface area contributed by atoms with Crippen molar-refractivity contribution in [1.82, 2.24) is 5.32 Å². The van der Waals surface area contributed by atoms with E-state index in [1.807, 2.05) is 13.8 Å². The molecule has 0 bridgehead atoms. The van der Waals surface area contributed by atoms with Crippen molar-refractivity contribution >= 4 is 5.97 Å². The van der Waals surface area contributed by atoms with E-state index in [0.29, 0.717) is 6.61 Å². The first kappa shape index (κ1) is 13.4. The number of carbonyl (C=O) groups excluding carboxylic acids is 1. The SMILES string of the molecule is CCOC(=O)CNC(C)(C)C(C)(C)O. The molecule has 14 heavy (non-hydrogen) atoms. The Morgan fingerprint density at radius 1 is 1.36 bits per heavy atom. The molecule has 0 aliphatic rings. The van der Waals surface area contributed by atoms with Gasteiger partial charge in [-0.1, -0.05) is 0 Å². The third-order valence-electron chi connectivity index (χ3n) is 2.51. The van der Waals surface area contributed by atoms with Gasteiger partial charge in [-0.2, -0.15) is 0 Å². The van der Waals surface area contributed by atoms with Crippen LogP contribution in [0.2, 0.25) is 0 Å². The molecule has 2 N–H and O–H groups in total. The van der Waals surface area contributed by atoms with Crippen LogP contribution in [-0.4, -0.2) is 35.4 Å². The first-order valence-electron chi connectivity index (χ1n) is 4.83. The molecule has 0 amide bonds. The maximum absolute atomic E-state index is 11.1. The Bertz CT molecular complexity index is 194. The van der Waals surface area contributed by atoms with Crippen LogP contribution in [0.4, 0.5) is 0 Å². The molecular formula is C10H21NO3. The smallest absolute Gasteiger partial charge is 0.319 e. The first-order valence-corrected chi connectivity index (χ1v) is 4.83. The van der Waals surface area contributed by atoms with Crippen LogP contribution in [-0.2, 0) is 9.53 Å². The van der Waals surface area contributed by atoms with Gasteiger partial charge in [0.05, 0.1) is 18.8 Å². The Morgan fingerprint density at radius 3 is 2.21 bits per heavy atom. The monoisotopic (exact) mass is 203 g/mol. The molecule has 4 heteroatoms. The molecule has 0 spiro atoms. The molecule has 0 fully saturated rings. The van der Waals surface area contributed by atoms with Crippen LogP contribution in [0, 0.1) is 0 Å². The van der Waals surface area contributed by atoms with E-state index in [4.69, 9.17) is 4.74 Å². The van der Waals surface area contributed by atoms with Gasteiger partial charge >= 0.3 is 5.97 Å². The fourth-order valence-corrected chi connectivity index (χ4v) is 0.721. The van der Waals surface area contributed by atoms with Crippen LogP contribution in [0.5, 0.6) is 0 Å². The summed E-state index contributed by atoms with van der Waals surface area (Å²) in [5.41, 5.74) is -1.42. The van der Waals surface area contributed by atoms with E-state index in [1.54, 1.807) is 20.8 Å². The third kappa shape index (κ3) is 4.07. The predicted molar refractivity (Wildman–Crippen MR) is 55.0 cm³/mol. The Morgan fingerprint density at radius 2 is 1.86 bits per heavy atom. The molecule has 0 unspecified atom stereocenters. The number of carbonyl (C=O) groups is 1. The van der Waals surface area contributed by atoms with Gasteiger partial charge < -0.3 is 9.84 Å². The molecular weight excluding hydrogens is 182 g/mol. The molecule has 84 valence electrons. The highest BCUT2D eigenvalue weighted by atomic mass is 16.5. The Balaban J connectivity index is 4.06. The number of rotatable bonds is 5. The molecule has 4 nitrogen and oxygen atoms in total. The van der Waals surface area contributed by atoms with Gasteiger partial charge in [0.1, 0.15) is 0 Å². The van der Waals surface area contributed by atoms with Crippen molar-refractivity contribution in [2.24, 2.45) is 0 Å². The summed E-state index contributed by atoms with van der Waals surface area (Å²) in [5, 5.41) is 12.7. The quantitative estimate of drug-likeness (QED) is 0.645. The highest BCUT2D eigenvalue weighted by molar-refractivity contribution is 5.71. The van der Waals surface area contributed by atoms with E-state index < -0.39 is 11.1 Å². The molecule has 0 aromatic carbocycles. The van der Waals surface area contributed by atoms with Gasteiger partial charge in [0.15, 0.2) is 0 Å². The van der Waals surface area contributed by atoms with Gasteiger partial charge in [-0.15, -0.1) is 0 Å². The molecule has 0 saturated carbocycles. The van der Waals surface area contributed by atoms with Gasteiger partial charge in [0.25, 0.3) is 0 Å². The molecule has 0 heterocycles. The maximum atomic E-state index is 11.1. The molecule has 0 rings (SSSR count). The zero-order valence-electron chi connectivity index (χ0n) is 9.68. The van der Waals surface area contributed by atoms with E-state index in [0.717, 1.165) is 0 Å². The summed E-state index contributed by atoms with van der Waals surface area (Å²) in [6.45, 7) is 9.34. The summed E-state index contributed by atoms with van der Waals surface area (Å²) in [4.78, 5) is 11.1. The summed E-state index contributed by atoms with van der Waals surface area (Å²) in [5.74, 6) is -0.301.